The number of aromatic hydroxyl groups is 1. The van der Waals surface area contributed by atoms with Crippen molar-refractivity contribution in [2.45, 2.75) is 13.5 Å². The van der Waals surface area contributed by atoms with Crippen molar-refractivity contribution in [3.8, 4) is 5.75 Å². The van der Waals surface area contributed by atoms with Gasteiger partial charge in [0, 0.05) is 19.2 Å². The Morgan fingerprint density at radius 2 is 2.26 bits per heavy atom. The molecule has 0 atom stereocenters. The fourth-order valence-electron chi connectivity index (χ4n) is 1.74. The van der Waals surface area contributed by atoms with Crippen LogP contribution in [0.4, 0.5) is 5.82 Å². The molecule has 0 radical (unpaired) electrons. The molecule has 0 aliphatic heterocycles. The topological polar surface area (TPSA) is 93.2 Å². The highest BCUT2D eigenvalue weighted by molar-refractivity contribution is 5.97. The van der Waals surface area contributed by atoms with Crippen LogP contribution in [0.1, 0.15) is 21.5 Å². The molecule has 100 valence electrons. The van der Waals surface area contributed by atoms with Gasteiger partial charge in [0.05, 0.1) is 11.8 Å². The fourth-order valence-corrected chi connectivity index (χ4v) is 1.74. The lowest BCUT2D eigenvalue weighted by atomic mass is 10.1. The van der Waals surface area contributed by atoms with Crippen molar-refractivity contribution in [1.29, 1.82) is 0 Å². The first-order valence-corrected chi connectivity index (χ1v) is 5.84. The Balaban J connectivity index is 2.10. The third-order valence-electron chi connectivity index (χ3n) is 2.99. The van der Waals surface area contributed by atoms with Crippen molar-refractivity contribution in [2.24, 2.45) is 7.05 Å². The average molecular weight is 260 g/mol. The third kappa shape index (κ3) is 2.52. The zero-order chi connectivity index (χ0) is 14.0. The SMILES string of the molecule is Cc1cccc(C(=O)NCc2cnn(C)c2N)c1O. The van der Waals surface area contributed by atoms with Crippen molar-refractivity contribution in [1.82, 2.24) is 15.1 Å². The zero-order valence-corrected chi connectivity index (χ0v) is 10.8. The molecule has 0 spiro atoms. The number of anilines is 1. The summed E-state index contributed by atoms with van der Waals surface area (Å²) in [6.07, 6.45) is 1.60. The van der Waals surface area contributed by atoms with E-state index in [1.165, 1.54) is 4.68 Å². The maximum Gasteiger partial charge on any atom is 0.255 e. The third-order valence-corrected chi connectivity index (χ3v) is 2.99. The summed E-state index contributed by atoms with van der Waals surface area (Å²) in [7, 11) is 1.73. The molecule has 4 N–H and O–H groups in total. The van der Waals surface area contributed by atoms with Gasteiger partial charge in [0.25, 0.3) is 5.91 Å². The van der Waals surface area contributed by atoms with Crippen LogP contribution in [0.5, 0.6) is 5.75 Å². The normalized spacial score (nSPS) is 10.4. The molecule has 1 aromatic heterocycles. The molecule has 2 rings (SSSR count). The van der Waals surface area contributed by atoms with Gasteiger partial charge in [0.1, 0.15) is 11.6 Å². The Morgan fingerprint density at radius 3 is 2.89 bits per heavy atom. The van der Waals surface area contributed by atoms with E-state index >= 15 is 0 Å². The summed E-state index contributed by atoms with van der Waals surface area (Å²) >= 11 is 0. The Kier molecular flexibility index (Phi) is 3.41. The quantitative estimate of drug-likeness (QED) is 0.765. The average Bonchev–Trinajstić information content (AvgIpc) is 2.70. The summed E-state index contributed by atoms with van der Waals surface area (Å²) in [4.78, 5) is 12.0. The number of aromatic nitrogens is 2. The molecule has 0 saturated carbocycles. The molecule has 19 heavy (non-hydrogen) atoms. The molecule has 0 unspecified atom stereocenters. The minimum atomic E-state index is -0.343. The van der Waals surface area contributed by atoms with Crippen LogP contribution in [-0.2, 0) is 13.6 Å². The number of nitrogens with two attached hydrogens (primary N) is 1. The first-order valence-electron chi connectivity index (χ1n) is 5.84. The molecule has 1 heterocycles. The number of nitrogens with one attached hydrogen (secondary N) is 1. The van der Waals surface area contributed by atoms with Crippen LogP contribution >= 0.6 is 0 Å². The molecule has 0 aliphatic carbocycles. The molecular weight excluding hydrogens is 244 g/mol. The molecule has 6 heteroatoms. The second-order valence-corrected chi connectivity index (χ2v) is 4.33. The highest BCUT2D eigenvalue weighted by Crippen LogP contribution is 2.21. The maximum absolute atomic E-state index is 12.0. The highest BCUT2D eigenvalue weighted by Gasteiger charge is 2.13. The minimum absolute atomic E-state index is 0.000779. The van der Waals surface area contributed by atoms with Gasteiger partial charge in [0.15, 0.2) is 0 Å². The standard InChI is InChI=1S/C13H16N4O2/c1-8-4-3-5-10(11(8)18)13(19)15-6-9-7-16-17(2)12(9)14/h3-5,7,18H,6,14H2,1-2H3,(H,15,19). The predicted molar refractivity (Wildman–Crippen MR) is 71.6 cm³/mol. The van der Waals surface area contributed by atoms with E-state index in [2.05, 4.69) is 10.4 Å². The van der Waals surface area contributed by atoms with Crippen molar-refractivity contribution >= 4 is 11.7 Å². The zero-order valence-electron chi connectivity index (χ0n) is 10.8. The number of nitrogens with zero attached hydrogens (tertiary/aromatic N) is 2. The largest absolute Gasteiger partial charge is 0.507 e. The number of phenols is 1. The number of phenolic OH excluding ortho intramolecular Hbond substituents is 1. The van der Waals surface area contributed by atoms with Crippen molar-refractivity contribution in [2.75, 3.05) is 5.73 Å². The summed E-state index contributed by atoms with van der Waals surface area (Å²) in [6, 6.07) is 5.04. The van der Waals surface area contributed by atoms with Gasteiger partial charge in [-0.05, 0) is 18.6 Å². The van der Waals surface area contributed by atoms with Gasteiger partial charge in [0.2, 0.25) is 0 Å². The lowest BCUT2D eigenvalue weighted by Crippen LogP contribution is -2.23. The summed E-state index contributed by atoms with van der Waals surface area (Å²) in [5.74, 6) is 0.164. The Labute approximate surface area is 110 Å². The van der Waals surface area contributed by atoms with E-state index in [0.29, 0.717) is 11.4 Å². The smallest absolute Gasteiger partial charge is 0.255 e. The van der Waals surface area contributed by atoms with Crippen molar-refractivity contribution < 1.29 is 9.90 Å². The second kappa shape index (κ2) is 5.01. The first kappa shape index (κ1) is 12.9. The minimum Gasteiger partial charge on any atom is -0.507 e. The number of hydrogen-bond acceptors (Lipinski definition) is 4. The van der Waals surface area contributed by atoms with Crippen LogP contribution in [0.3, 0.4) is 0 Å². The number of amides is 1. The van der Waals surface area contributed by atoms with Crippen LogP contribution in [0.15, 0.2) is 24.4 Å². The number of rotatable bonds is 3. The number of nitrogen functional groups attached to an aromatic ring is 1. The number of benzene rings is 1. The summed E-state index contributed by atoms with van der Waals surface area (Å²) in [5, 5.41) is 16.5. The monoisotopic (exact) mass is 260 g/mol. The van der Waals surface area contributed by atoms with E-state index in [1.807, 2.05) is 0 Å². The lowest BCUT2D eigenvalue weighted by molar-refractivity contribution is 0.0948. The Morgan fingerprint density at radius 1 is 1.53 bits per heavy atom. The molecule has 0 bridgehead atoms. The van der Waals surface area contributed by atoms with E-state index in [-0.39, 0.29) is 23.8 Å². The van der Waals surface area contributed by atoms with Crippen LogP contribution < -0.4 is 11.1 Å². The van der Waals surface area contributed by atoms with E-state index in [4.69, 9.17) is 5.73 Å². The van der Waals surface area contributed by atoms with Gasteiger partial charge in [-0.2, -0.15) is 5.10 Å². The van der Waals surface area contributed by atoms with Crippen molar-refractivity contribution in [3.63, 3.8) is 0 Å². The van der Waals surface area contributed by atoms with Crippen LogP contribution in [0.25, 0.3) is 0 Å². The van der Waals surface area contributed by atoms with E-state index in [9.17, 15) is 9.90 Å². The summed E-state index contributed by atoms with van der Waals surface area (Å²) < 4.78 is 1.53. The molecule has 1 amide bonds. The first-order chi connectivity index (χ1) is 9.00. The second-order valence-electron chi connectivity index (χ2n) is 4.33. The maximum atomic E-state index is 12.0. The number of carbonyl (C=O) groups is 1. The van der Waals surface area contributed by atoms with Gasteiger partial charge in [-0.3, -0.25) is 9.48 Å². The highest BCUT2D eigenvalue weighted by atomic mass is 16.3. The molecule has 1 aromatic carbocycles. The predicted octanol–water partition coefficient (Wildman–Crippen LogP) is 0.946. The Bertz CT molecular complexity index is 619. The van der Waals surface area contributed by atoms with Crippen molar-refractivity contribution in [3.05, 3.63) is 41.1 Å². The van der Waals surface area contributed by atoms with Gasteiger partial charge in [-0.25, -0.2) is 0 Å². The van der Waals surface area contributed by atoms with E-state index < -0.39 is 0 Å². The fraction of sp³-hybridized carbons (Fsp3) is 0.231. The van der Waals surface area contributed by atoms with Crippen LogP contribution in [0.2, 0.25) is 0 Å². The number of carbonyl (C=O) groups excluding carboxylic acids is 1. The van der Waals surface area contributed by atoms with Gasteiger partial charge in [-0.15, -0.1) is 0 Å². The molecular formula is C13H16N4O2. The number of hydrogen-bond donors (Lipinski definition) is 3. The summed E-state index contributed by atoms with van der Waals surface area (Å²) in [5.41, 5.74) is 7.43. The van der Waals surface area contributed by atoms with E-state index in [0.717, 1.165) is 5.56 Å². The van der Waals surface area contributed by atoms with Gasteiger partial charge < -0.3 is 16.2 Å². The molecule has 2 aromatic rings. The molecule has 0 aliphatic rings. The Hall–Kier alpha value is -2.50. The van der Waals surface area contributed by atoms with Gasteiger partial charge in [-0.1, -0.05) is 12.1 Å². The van der Waals surface area contributed by atoms with Gasteiger partial charge >= 0.3 is 0 Å². The number of para-hydroxylation sites is 1. The molecule has 0 saturated heterocycles. The summed E-state index contributed by atoms with van der Waals surface area (Å²) in [6.45, 7) is 2.01. The van der Waals surface area contributed by atoms with Crippen LogP contribution in [0, 0.1) is 6.92 Å². The number of aryl methyl sites for hydroxylation is 2. The van der Waals surface area contributed by atoms with Crippen LogP contribution in [-0.4, -0.2) is 20.8 Å². The molecule has 6 nitrogen and oxygen atoms in total. The van der Waals surface area contributed by atoms with E-state index in [1.54, 1.807) is 38.4 Å². The molecule has 0 fully saturated rings. The lowest BCUT2D eigenvalue weighted by Gasteiger charge is -2.08.